The number of urea groups is 1. The van der Waals surface area contributed by atoms with Crippen LogP contribution in [0.25, 0.3) is 5.65 Å². The van der Waals surface area contributed by atoms with E-state index in [1.165, 1.54) is 0 Å². The van der Waals surface area contributed by atoms with Crippen molar-refractivity contribution in [2.45, 2.75) is 6.54 Å². The Bertz CT molecular complexity index is 764. The number of ether oxygens (including phenoxy) is 1. The Morgan fingerprint density at radius 2 is 2.18 bits per heavy atom. The molecule has 0 aliphatic rings. The van der Waals surface area contributed by atoms with Crippen LogP contribution < -0.4 is 15.4 Å². The van der Waals surface area contributed by atoms with Gasteiger partial charge in [0.1, 0.15) is 11.4 Å². The number of hydrogen-bond donors (Lipinski definition) is 2. The molecule has 2 amide bonds. The summed E-state index contributed by atoms with van der Waals surface area (Å²) in [6.07, 6.45) is 3.81. The highest BCUT2D eigenvalue weighted by Crippen LogP contribution is 2.16. The van der Waals surface area contributed by atoms with Gasteiger partial charge in [0.05, 0.1) is 19.3 Å². The Morgan fingerprint density at radius 3 is 3.00 bits per heavy atom. The Balaban J connectivity index is 1.59. The first-order valence-electron chi connectivity index (χ1n) is 6.86. The quantitative estimate of drug-likeness (QED) is 0.778. The van der Waals surface area contributed by atoms with Gasteiger partial charge in [0.15, 0.2) is 0 Å². The SMILES string of the molecule is COc1cccc(NC(=O)NCc2cn3ccccc3n2)c1. The molecule has 6 nitrogen and oxygen atoms in total. The summed E-state index contributed by atoms with van der Waals surface area (Å²) in [6, 6.07) is 12.7. The standard InChI is InChI=1S/C16H16N4O2/c1-22-14-6-4-5-12(9-14)19-16(21)17-10-13-11-20-8-3-2-7-15(20)18-13/h2-9,11H,10H2,1H3,(H2,17,19,21). The Hall–Kier alpha value is -3.02. The molecule has 0 atom stereocenters. The molecular weight excluding hydrogens is 280 g/mol. The summed E-state index contributed by atoms with van der Waals surface area (Å²) in [7, 11) is 1.59. The van der Waals surface area contributed by atoms with Crippen molar-refractivity contribution in [3.8, 4) is 5.75 Å². The number of benzene rings is 1. The van der Waals surface area contributed by atoms with Crippen molar-refractivity contribution in [2.24, 2.45) is 0 Å². The molecule has 0 unspecified atom stereocenters. The highest BCUT2D eigenvalue weighted by molar-refractivity contribution is 5.89. The van der Waals surface area contributed by atoms with Gasteiger partial charge in [-0.2, -0.15) is 0 Å². The van der Waals surface area contributed by atoms with E-state index in [9.17, 15) is 4.79 Å². The second-order valence-electron chi connectivity index (χ2n) is 4.74. The second kappa shape index (κ2) is 6.17. The minimum absolute atomic E-state index is 0.287. The Morgan fingerprint density at radius 1 is 1.27 bits per heavy atom. The van der Waals surface area contributed by atoms with E-state index in [4.69, 9.17) is 4.74 Å². The molecule has 3 rings (SSSR count). The lowest BCUT2D eigenvalue weighted by atomic mass is 10.3. The molecule has 0 radical (unpaired) electrons. The minimum atomic E-state index is -0.287. The van der Waals surface area contributed by atoms with E-state index in [1.54, 1.807) is 19.2 Å². The van der Waals surface area contributed by atoms with Crippen LogP contribution in [0.4, 0.5) is 10.5 Å². The van der Waals surface area contributed by atoms with E-state index in [0.717, 1.165) is 11.3 Å². The van der Waals surface area contributed by atoms with Gasteiger partial charge < -0.3 is 19.8 Å². The average molecular weight is 296 g/mol. The second-order valence-corrected chi connectivity index (χ2v) is 4.74. The van der Waals surface area contributed by atoms with Gasteiger partial charge >= 0.3 is 6.03 Å². The third kappa shape index (κ3) is 3.17. The first kappa shape index (κ1) is 13.9. The van der Waals surface area contributed by atoms with Gasteiger partial charge in [0.25, 0.3) is 0 Å². The van der Waals surface area contributed by atoms with Crippen LogP contribution in [0.1, 0.15) is 5.69 Å². The Kier molecular flexibility index (Phi) is 3.91. The van der Waals surface area contributed by atoms with E-state index in [-0.39, 0.29) is 6.03 Å². The summed E-state index contributed by atoms with van der Waals surface area (Å²) in [5.74, 6) is 0.693. The topological polar surface area (TPSA) is 67.7 Å². The molecular formula is C16H16N4O2. The van der Waals surface area contributed by atoms with Crippen LogP contribution in [0.5, 0.6) is 5.75 Å². The number of nitrogens with zero attached hydrogens (tertiary/aromatic N) is 2. The van der Waals surface area contributed by atoms with Crippen LogP contribution in [0.2, 0.25) is 0 Å². The van der Waals surface area contributed by atoms with Gasteiger partial charge in [-0.3, -0.25) is 0 Å². The smallest absolute Gasteiger partial charge is 0.319 e. The molecule has 0 spiro atoms. The molecule has 1 aromatic carbocycles. The monoisotopic (exact) mass is 296 g/mol. The number of rotatable bonds is 4. The van der Waals surface area contributed by atoms with Crippen LogP contribution in [0.15, 0.2) is 54.9 Å². The number of carbonyl (C=O) groups excluding carboxylic acids is 1. The van der Waals surface area contributed by atoms with Crippen LogP contribution in [-0.4, -0.2) is 22.5 Å². The number of pyridine rings is 1. The molecule has 0 aliphatic heterocycles. The molecule has 2 heterocycles. The molecule has 2 N–H and O–H groups in total. The van der Waals surface area contributed by atoms with Gasteiger partial charge in [0, 0.05) is 24.1 Å². The highest BCUT2D eigenvalue weighted by atomic mass is 16.5. The number of imidazole rings is 1. The Labute approximate surface area is 127 Å². The summed E-state index contributed by atoms with van der Waals surface area (Å²) in [5.41, 5.74) is 2.33. The van der Waals surface area contributed by atoms with Crippen molar-refractivity contribution in [3.63, 3.8) is 0 Å². The van der Waals surface area contributed by atoms with Crippen LogP contribution in [0, 0.1) is 0 Å². The molecule has 112 valence electrons. The summed E-state index contributed by atoms with van der Waals surface area (Å²) >= 11 is 0. The zero-order chi connectivity index (χ0) is 15.4. The average Bonchev–Trinajstić information content (AvgIpc) is 2.96. The van der Waals surface area contributed by atoms with Crippen LogP contribution in [0.3, 0.4) is 0 Å². The van der Waals surface area contributed by atoms with Crippen LogP contribution in [-0.2, 0) is 6.54 Å². The number of aromatic nitrogens is 2. The van der Waals surface area contributed by atoms with Crippen molar-refractivity contribution in [1.29, 1.82) is 0 Å². The van der Waals surface area contributed by atoms with Crippen LogP contribution >= 0.6 is 0 Å². The number of amides is 2. The summed E-state index contributed by atoms with van der Waals surface area (Å²) in [5, 5.41) is 5.54. The predicted octanol–water partition coefficient (Wildman–Crippen LogP) is 2.66. The molecule has 0 saturated heterocycles. The fourth-order valence-corrected chi connectivity index (χ4v) is 2.12. The van der Waals surface area contributed by atoms with Crippen molar-refractivity contribution >= 4 is 17.4 Å². The largest absolute Gasteiger partial charge is 0.497 e. The first-order valence-corrected chi connectivity index (χ1v) is 6.86. The lowest BCUT2D eigenvalue weighted by Gasteiger charge is -2.07. The van der Waals surface area contributed by atoms with Gasteiger partial charge in [-0.25, -0.2) is 9.78 Å². The number of anilines is 1. The fourth-order valence-electron chi connectivity index (χ4n) is 2.12. The van der Waals surface area contributed by atoms with Crippen molar-refractivity contribution < 1.29 is 9.53 Å². The fraction of sp³-hybridized carbons (Fsp3) is 0.125. The van der Waals surface area contributed by atoms with Gasteiger partial charge in [0.2, 0.25) is 0 Å². The van der Waals surface area contributed by atoms with Gasteiger partial charge in [-0.1, -0.05) is 12.1 Å². The van der Waals surface area contributed by atoms with Crippen molar-refractivity contribution in [2.75, 3.05) is 12.4 Å². The maximum Gasteiger partial charge on any atom is 0.319 e. The molecule has 0 aliphatic carbocycles. The summed E-state index contributed by atoms with van der Waals surface area (Å²) in [6.45, 7) is 0.359. The molecule has 0 fully saturated rings. The minimum Gasteiger partial charge on any atom is -0.497 e. The number of carbonyl (C=O) groups is 1. The van der Waals surface area contributed by atoms with E-state index in [0.29, 0.717) is 18.0 Å². The lowest BCUT2D eigenvalue weighted by Crippen LogP contribution is -2.28. The highest BCUT2D eigenvalue weighted by Gasteiger charge is 2.05. The van der Waals surface area contributed by atoms with E-state index in [1.807, 2.05) is 47.1 Å². The van der Waals surface area contributed by atoms with Gasteiger partial charge in [-0.05, 0) is 24.3 Å². The third-order valence-corrected chi connectivity index (χ3v) is 3.17. The number of fused-ring (bicyclic) bond motifs is 1. The number of methoxy groups -OCH3 is 1. The maximum atomic E-state index is 11.9. The first-order chi connectivity index (χ1) is 10.7. The molecule has 3 aromatic rings. The zero-order valence-corrected chi connectivity index (χ0v) is 12.1. The van der Waals surface area contributed by atoms with E-state index >= 15 is 0 Å². The van der Waals surface area contributed by atoms with Crippen molar-refractivity contribution in [1.82, 2.24) is 14.7 Å². The normalized spacial score (nSPS) is 10.4. The third-order valence-electron chi connectivity index (χ3n) is 3.17. The summed E-state index contributed by atoms with van der Waals surface area (Å²) in [4.78, 5) is 16.3. The molecule has 0 saturated carbocycles. The predicted molar refractivity (Wildman–Crippen MR) is 84.0 cm³/mol. The molecule has 22 heavy (non-hydrogen) atoms. The molecule has 6 heteroatoms. The van der Waals surface area contributed by atoms with Crippen molar-refractivity contribution in [3.05, 3.63) is 60.6 Å². The molecule has 2 aromatic heterocycles. The summed E-state index contributed by atoms with van der Waals surface area (Å²) < 4.78 is 7.03. The van der Waals surface area contributed by atoms with Gasteiger partial charge in [-0.15, -0.1) is 0 Å². The lowest BCUT2D eigenvalue weighted by molar-refractivity contribution is 0.251. The number of nitrogens with one attached hydrogen (secondary N) is 2. The van der Waals surface area contributed by atoms with E-state index < -0.39 is 0 Å². The van der Waals surface area contributed by atoms with E-state index in [2.05, 4.69) is 15.6 Å². The number of hydrogen-bond acceptors (Lipinski definition) is 3. The maximum absolute atomic E-state index is 11.9. The zero-order valence-electron chi connectivity index (χ0n) is 12.1. The molecule has 0 bridgehead atoms.